The van der Waals surface area contributed by atoms with E-state index in [2.05, 4.69) is 26.0 Å². The van der Waals surface area contributed by atoms with Gasteiger partial charge < -0.3 is 18.9 Å². The van der Waals surface area contributed by atoms with Crippen LogP contribution in [0, 0.1) is 0 Å². The lowest BCUT2D eigenvalue weighted by molar-refractivity contribution is 0.0801. The summed E-state index contributed by atoms with van der Waals surface area (Å²) in [6.45, 7) is 7.34. The van der Waals surface area contributed by atoms with E-state index in [9.17, 15) is 0 Å². The Kier molecular flexibility index (Phi) is 9.01. The van der Waals surface area contributed by atoms with Gasteiger partial charge in [-0.1, -0.05) is 44.2 Å². The highest BCUT2D eigenvalue weighted by Gasteiger charge is 2.05. The molecule has 0 aliphatic rings. The molecule has 0 saturated carbocycles. The number of benzene rings is 2. The first kappa shape index (κ1) is 20.3. The molecule has 2 aromatic carbocycles. The van der Waals surface area contributed by atoms with Crippen LogP contribution in [-0.4, -0.2) is 33.5 Å². The Labute approximate surface area is 157 Å². The average molecular weight is 358 g/mol. The highest BCUT2D eigenvalue weighted by Crippen LogP contribution is 2.22. The van der Waals surface area contributed by atoms with Gasteiger partial charge in [0.2, 0.25) is 0 Å². The fourth-order valence-electron chi connectivity index (χ4n) is 2.49. The molecule has 0 saturated heterocycles. The van der Waals surface area contributed by atoms with Gasteiger partial charge in [0.1, 0.15) is 24.7 Å². The topological polar surface area (TPSA) is 36.9 Å². The molecule has 2 rings (SSSR count). The summed E-state index contributed by atoms with van der Waals surface area (Å²) in [6, 6.07) is 16.2. The number of hydrogen-bond donors (Lipinski definition) is 0. The Balaban J connectivity index is 1.78. The summed E-state index contributed by atoms with van der Waals surface area (Å²) in [6.07, 6.45) is 0.899. The molecule has 0 N–H and O–H groups in total. The standard InChI is InChI=1S/C22H30O4/c1-18(2)19-9-11-21(12-10-19)26-17-20-7-4-5-8-22(20)25-16-15-24-14-6-13-23-3/h4-5,7-12,18H,6,13-17H2,1-3H3. The van der Waals surface area contributed by atoms with Gasteiger partial charge >= 0.3 is 0 Å². The van der Waals surface area contributed by atoms with E-state index in [0.29, 0.717) is 32.3 Å². The van der Waals surface area contributed by atoms with Gasteiger partial charge in [-0.05, 0) is 36.1 Å². The van der Waals surface area contributed by atoms with E-state index < -0.39 is 0 Å². The van der Waals surface area contributed by atoms with Crippen LogP contribution in [-0.2, 0) is 16.1 Å². The maximum atomic E-state index is 5.91. The van der Waals surface area contributed by atoms with Gasteiger partial charge in [-0.15, -0.1) is 0 Å². The molecule has 4 nitrogen and oxygen atoms in total. The second-order valence-corrected chi connectivity index (χ2v) is 6.43. The molecule has 0 aliphatic carbocycles. The molecule has 0 aliphatic heterocycles. The van der Waals surface area contributed by atoms with E-state index >= 15 is 0 Å². The van der Waals surface area contributed by atoms with Gasteiger partial charge in [0.05, 0.1) is 6.61 Å². The molecular weight excluding hydrogens is 328 g/mol. The fraction of sp³-hybridized carbons (Fsp3) is 0.455. The first-order valence-electron chi connectivity index (χ1n) is 9.21. The van der Waals surface area contributed by atoms with E-state index in [1.807, 2.05) is 36.4 Å². The third-order valence-corrected chi connectivity index (χ3v) is 4.04. The minimum absolute atomic E-state index is 0.478. The van der Waals surface area contributed by atoms with Crippen molar-refractivity contribution in [2.45, 2.75) is 32.8 Å². The molecule has 2 aromatic rings. The highest BCUT2D eigenvalue weighted by atomic mass is 16.5. The Morgan fingerprint density at radius 3 is 2.31 bits per heavy atom. The molecule has 0 heterocycles. The molecule has 142 valence electrons. The predicted molar refractivity (Wildman–Crippen MR) is 104 cm³/mol. The molecule has 4 heteroatoms. The molecular formula is C22H30O4. The Bertz CT molecular complexity index is 622. The second kappa shape index (κ2) is 11.6. The number of rotatable bonds is 12. The Hall–Kier alpha value is -2.04. The van der Waals surface area contributed by atoms with Crippen LogP contribution >= 0.6 is 0 Å². The van der Waals surface area contributed by atoms with E-state index in [4.69, 9.17) is 18.9 Å². The number of methoxy groups -OCH3 is 1. The Morgan fingerprint density at radius 2 is 1.58 bits per heavy atom. The summed E-state index contributed by atoms with van der Waals surface area (Å²) in [5.41, 5.74) is 2.34. The lowest BCUT2D eigenvalue weighted by Crippen LogP contribution is -2.10. The largest absolute Gasteiger partial charge is 0.491 e. The molecule has 0 radical (unpaired) electrons. The zero-order valence-electron chi connectivity index (χ0n) is 16.1. The molecule has 0 amide bonds. The molecule has 0 spiro atoms. The summed E-state index contributed by atoms with van der Waals surface area (Å²) in [4.78, 5) is 0. The van der Waals surface area contributed by atoms with Crippen molar-refractivity contribution < 1.29 is 18.9 Å². The third-order valence-electron chi connectivity index (χ3n) is 4.04. The zero-order chi connectivity index (χ0) is 18.6. The fourth-order valence-corrected chi connectivity index (χ4v) is 2.49. The SMILES string of the molecule is COCCCOCCOc1ccccc1COc1ccc(C(C)C)cc1. The third kappa shape index (κ3) is 7.06. The van der Waals surface area contributed by atoms with Crippen LogP contribution in [0.1, 0.15) is 37.3 Å². The van der Waals surface area contributed by atoms with Crippen molar-refractivity contribution in [2.24, 2.45) is 0 Å². The first-order valence-corrected chi connectivity index (χ1v) is 9.21. The average Bonchev–Trinajstić information content (AvgIpc) is 2.66. The quantitative estimate of drug-likeness (QED) is 0.510. The van der Waals surface area contributed by atoms with E-state index in [-0.39, 0.29) is 0 Å². The van der Waals surface area contributed by atoms with Crippen LogP contribution < -0.4 is 9.47 Å². The minimum atomic E-state index is 0.478. The predicted octanol–water partition coefficient (Wildman–Crippen LogP) is 4.82. The molecule has 26 heavy (non-hydrogen) atoms. The van der Waals surface area contributed by atoms with Gasteiger partial charge in [-0.3, -0.25) is 0 Å². The normalized spacial score (nSPS) is 10.9. The van der Waals surface area contributed by atoms with Crippen molar-refractivity contribution >= 4 is 0 Å². The van der Waals surface area contributed by atoms with E-state index in [1.54, 1.807) is 7.11 Å². The van der Waals surface area contributed by atoms with Gasteiger partial charge in [-0.2, -0.15) is 0 Å². The maximum absolute atomic E-state index is 5.91. The highest BCUT2D eigenvalue weighted by molar-refractivity contribution is 5.34. The molecule has 0 unspecified atom stereocenters. The monoisotopic (exact) mass is 358 g/mol. The van der Waals surface area contributed by atoms with Crippen molar-refractivity contribution in [1.29, 1.82) is 0 Å². The summed E-state index contributed by atoms with van der Waals surface area (Å²) >= 11 is 0. The smallest absolute Gasteiger partial charge is 0.126 e. The van der Waals surface area contributed by atoms with Crippen LogP contribution in [0.15, 0.2) is 48.5 Å². The van der Waals surface area contributed by atoms with Crippen molar-refractivity contribution in [3.05, 3.63) is 59.7 Å². The van der Waals surface area contributed by atoms with Crippen LogP contribution in [0.4, 0.5) is 0 Å². The van der Waals surface area contributed by atoms with Crippen LogP contribution in [0.5, 0.6) is 11.5 Å². The summed E-state index contributed by atoms with van der Waals surface area (Å²) in [5.74, 6) is 2.23. The van der Waals surface area contributed by atoms with Crippen molar-refractivity contribution in [2.75, 3.05) is 33.5 Å². The molecule has 0 atom stereocenters. The number of ether oxygens (including phenoxy) is 4. The number of hydrogen-bond acceptors (Lipinski definition) is 4. The molecule has 0 bridgehead atoms. The lowest BCUT2D eigenvalue weighted by atomic mass is 10.0. The first-order chi connectivity index (χ1) is 12.7. The van der Waals surface area contributed by atoms with Crippen LogP contribution in [0.2, 0.25) is 0 Å². The lowest BCUT2D eigenvalue weighted by Gasteiger charge is -2.13. The van der Waals surface area contributed by atoms with Gasteiger partial charge in [0.15, 0.2) is 0 Å². The molecule has 0 aromatic heterocycles. The van der Waals surface area contributed by atoms with Gasteiger partial charge in [-0.25, -0.2) is 0 Å². The van der Waals surface area contributed by atoms with Crippen LogP contribution in [0.3, 0.4) is 0 Å². The Morgan fingerprint density at radius 1 is 0.808 bits per heavy atom. The summed E-state index contributed by atoms with van der Waals surface area (Å²) < 4.78 is 22.3. The maximum Gasteiger partial charge on any atom is 0.126 e. The van der Waals surface area contributed by atoms with E-state index in [1.165, 1.54) is 5.56 Å². The summed E-state index contributed by atoms with van der Waals surface area (Å²) in [7, 11) is 1.70. The zero-order valence-corrected chi connectivity index (χ0v) is 16.1. The van der Waals surface area contributed by atoms with Crippen molar-refractivity contribution in [3.63, 3.8) is 0 Å². The second-order valence-electron chi connectivity index (χ2n) is 6.43. The number of para-hydroxylation sites is 1. The van der Waals surface area contributed by atoms with Gasteiger partial charge in [0, 0.05) is 25.9 Å². The molecule has 0 fully saturated rings. The van der Waals surface area contributed by atoms with Crippen molar-refractivity contribution in [1.82, 2.24) is 0 Å². The minimum Gasteiger partial charge on any atom is -0.491 e. The van der Waals surface area contributed by atoms with Crippen LogP contribution in [0.25, 0.3) is 0 Å². The van der Waals surface area contributed by atoms with Gasteiger partial charge in [0.25, 0.3) is 0 Å². The van der Waals surface area contributed by atoms with Crippen molar-refractivity contribution in [3.8, 4) is 11.5 Å². The van der Waals surface area contributed by atoms with E-state index in [0.717, 1.165) is 30.1 Å². The summed E-state index contributed by atoms with van der Waals surface area (Å²) in [5, 5.41) is 0.